The second kappa shape index (κ2) is 5.62. The first-order valence-corrected chi connectivity index (χ1v) is 8.84. The SMILES string of the molecule is CN(C)c1ccc(Cl)cc1NC(=O)N[C@H]1CS(=O)(=O)C1(C)C. The van der Waals surface area contributed by atoms with Crippen molar-refractivity contribution in [3.05, 3.63) is 23.2 Å². The zero-order valence-corrected chi connectivity index (χ0v) is 14.5. The van der Waals surface area contributed by atoms with Crippen molar-refractivity contribution >= 4 is 38.8 Å². The van der Waals surface area contributed by atoms with Gasteiger partial charge >= 0.3 is 6.03 Å². The lowest BCUT2D eigenvalue weighted by Gasteiger charge is -2.43. The molecule has 0 aliphatic carbocycles. The molecule has 1 atom stereocenters. The third kappa shape index (κ3) is 3.01. The fourth-order valence-corrected chi connectivity index (χ4v) is 4.10. The van der Waals surface area contributed by atoms with Crippen LogP contribution in [0.15, 0.2) is 18.2 Å². The molecule has 0 unspecified atom stereocenters. The van der Waals surface area contributed by atoms with E-state index < -0.39 is 26.7 Å². The molecule has 0 saturated carbocycles. The second-order valence-corrected chi connectivity index (χ2v) is 9.14. The molecule has 1 aliphatic rings. The molecular weight excluding hydrogens is 326 g/mol. The highest BCUT2D eigenvalue weighted by Crippen LogP contribution is 2.33. The van der Waals surface area contributed by atoms with Crippen LogP contribution in [0.1, 0.15) is 13.8 Å². The van der Waals surface area contributed by atoms with Gasteiger partial charge in [-0.3, -0.25) is 0 Å². The topological polar surface area (TPSA) is 78.5 Å². The first-order chi connectivity index (χ1) is 10.0. The highest BCUT2D eigenvalue weighted by Gasteiger charge is 2.54. The van der Waals surface area contributed by atoms with Gasteiger partial charge in [-0.1, -0.05) is 11.6 Å². The Kier molecular flexibility index (Phi) is 4.32. The summed E-state index contributed by atoms with van der Waals surface area (Å²) in [7, 11) is 0.583. The molecule has 2 rings (SSSR count). The van der Waals surface area contributed by atoms with Gasteiger partial charge in [-0.25, -0.2) is 13.2 Å². The number of sulfone groups is 1. The maximum absolute atomic E-state index is 12.1. The predicted octanol–water partition coefficient (Wildman–Crippen LogP) is 2.10. The van der Waals surface area contributed by atoms with Crippen molar-refractivity contribution in [1.29, 1.82) is 0 Å². The number of halogens is 1. The predicted molar refractivity (Wildman–Crippen MR) is 89.6 cm³/mol. The summed E-state index contributed by atoms with van der Waals surface area (Å²) in [5, 5.41) is 5.94. The van der Waals surface area contributed by atoms with Crippen LogP contribution in [0.2, 0.25) is 5.02 Å². The molecule has 0 bridgehead atoms. The zero-order valence-electron chi connectivity index (χ0n) is 13.0. The Morgan fingerprint density at radius 3 is 2.50 bits per heavy atom. The van der Waals surface area contributed by atoms with Gasteiger partial charge in [0.15, 0.2) is 9.84 Å². The van der Waals surface area contributed by atoms with Crippen molar-refractivity contribution in [1.82, 2.24) is 5.32 Å². The van der Waals surface area contributed by atoms with E-state index in [-0.39, 0.29) is 5.75 Å². The Morgan fingerprint density at radius 2 is 2.00 bits per heavy atom. The van der Waals surface area contributed by atoms with E-state index in [4.69, 9.17) is 11.6 Å². The van der Waals surface area contributed by atoms with E-state index in [2.05, 4.69) is 10.6 Å². The van der Waals surface area contributed by atoms with Gasteiger partial charge in [0, 0.05) is 19.1 Å². The van der Waals surface area contributed by atoms with E-state index in [0.29, 0.717) is 10.7 Å². The molecule has 1 fully saturated rings. The first-order valence-electron chi connectivity index (χ1n) is 6.81. The normalized spacial score (nSPS) is 21.6. The van der Waals surface area contributed by atoms with Gasteiger partial charge in [-0.05, 0) is 32.0 Å². The van der Waals surface area contributed by atoms with Crippen LogP contribution < -0.4 is 15.5 Å². The number of urea groups is 1. The maximum Gasteiger partial charge on any atom is 0.319 e. The summed E-state index contributed by atoms with van der Waals surface area (Å²) < 4.78 is 22.4. The first kappa shape index (κ1) is 16.9. The summed E-state index contributed by atoms with van der Waals surface area (Å²) in [4.78, 5) is 14.0. The van der Waals surface area contributed by atoms with Crippen LogP contribution in [0.5, 0.6) is 0 Å². The van der Waals surface area contributed by atoms with Crippen molar-refractivity contribution in [2.24, 2.45) is 0 Å². The van der Waals surface area contributed by atoms with Crippen LogP contribution >= 0.6 is 11.6 Å². The summed E-state index contributed by atoms with van der Waals surface area (Å²) in [6.07, 6.45) is 0. The molecule has 0 radical (unpaired) electrons. The molecule has 1 saturated heterocycles. The number of carbonyl (C=O) groups excluding carboxylic acids is 1. The number of hydrogen-bond acceptors (Lipinski definition) is 4. The van der Waals surface area contributed by atoms with Gasteiger partial charge in [-0.15, -0.1) is 0 Å². The number of nitrogens with zero attached hydrogens (tertiary/aromatic N) is 1. The molecular formula is C14H20ClN3O3S. The molecule has 0 spiro atoms. The average molecular weight is 346 g/mol. The maximum atomic E-state index is 12.1. The molecule has 2 amide bonds. The number of nitrogens with one attached hydrogen (secondary N) is 2. The number of carbonyl (C=O) groups is 1. The van der Waals surface area contributed by atoms with E-state index in [1.54, 1.807) is 32.0 Å². The number of rotatable bonds is 3. The molecule has 22 heavy (non-hydrogen) atoms. The number of benzene rings is 1. The lowest BCUT2D eigenvalue weighted by atomic mass is 10.0. The molecule has 2 N–H and O–H groups in total. The van der Waals surface area contributed by atoms with E-state index >= 15 is 0 Å². The van der Waals surface area contributed by atoms with Crippen LogP contribution in [0.3, 0.4) is 0 Å². The van der Waals surface area contributed by atoms with Crippen molar-refractivity contribution in [2.45, 2.75) is 24.6 Å². The quantitative estimate of drug-likeness (QED) is 0.879. The molecule has 1 aliphatic heterocycles. The summed E-state index contributed by atoms with van der Waals surface area (Å²) in [5.41, 5.74) is 1.37. The molecule has 1 aromatic rings. The largest absolute Gasteiger partial charge is 0.376 e. The van der Waals surface area contributed by atoms with Crippen LogP contribution in [0, 0.1) is 0 Å². The molecule has 1 aromatic carbocycles. The minimum atomic E-state index is -3.13. The lowest BCUT2D eigenvalue weighted by Crippen LogP contribution is -2.67. The smallest absolute Gasteiger partial charge is 0.319 e. The minimum Gasteiger partial charge on any atom is -0.376 e. The molecule has 1 heterocycles. The Balaban J connectivity index is 2.09. The summed E-state index contributed by atoms with van der Waals surface area (Å²) in [6, 6.07) is 4.34. The second-order valence-electron chi connectivity index (χ2n) is 6.09. The minimum absolute atomic E-state index is 0.0382. The van der Waals surface area contributed by atoms with Gasteiger partial charge in [0.25, 0.3) is 0 Å². The molecule has 122 valence electrons. The van der Waals surface area contributed by atoms with Crippen LogP contribution in [0.25, 0.3) is 0 Å². The third-order valence-electron chi connectivity index (χ3n) is 4.02. The fourth-order valence-electron chi connectivity index (χ4n) is 2.28. The third-order valence-corrected chi connectivity index (χ3v) is 6.92. The lowest BCUT2D eigenvalue weighted by molar-refractivity contribution is 0.245. The monoisotopic (exact) mass is 345 g/mol. The van der Waals surface area contributed by atoms with Crippen molar-refractivity contribution in [3.63, 3.8) is 0 Å². The van der Waals surface area contributed by atoms with Crippen LogP contribution in [-0.4, -0.2) is 45.1 Å². The Labute approximate surface area is 135 Å². The van der Waals surface area contributed by atoms with Gasteiger partial charge in [-0.2, -0.15) is 0 Å². The number of anilines is 2. The van der Waals surface area contributed by atoms with E-state index in [0.717, 1.165) is 5.69 Å². The highest BCUT2D eigenvalue weighted by molar-refractivity contribution is 7.94. The average Bonchev–Trinajstić information content (AvgIpc) is 2.37. The summed E-state index contributed by atoms with van der Waals surface area (Å²) >= 11 is 5.96. The van der Waals surface area contributed by atoms with Crippen molar-refractivity contribution < 1.29 is 13.2 Å². The van der Waals surface area contributed by atoms with Gasteiger partial charge < -0.3 is 15.5 Å². The standard InChI is InChI=1S/C14H20ClN3O3S/c1-14(2)12(8-22(14,20)21)17-13(19)16-10-7-9(15)5-6-11(10)18(3)4/h5-7,12H,8H2,1-4H3,(H2,16,17,19)/t12-/m0/s1. The number of hydrogen-bond donors (Lipinski definition) is 2. The summed E-state index contributed by atoms with van der Waals surface area (Å²) in [5.74, 6) is -0.0382. The van der Waals surface area contributed by atoms with E-state index in [9.17, 15) is 13.2 Å². The Hall–Kier alpha value is -1.47. The van der Waals surface area contributed by atoms with Gasteiger partial charge in [0.1, 0.15) is 0 Å². The van der Waals surface area contributed by atoms with Gasteiger partial charge in [0.2, 0.25) is 0 Å². The van der Waals surface area contributed by atoms with Crippen LogP contribution in [-0.2, 0) is 9.84 Å². The zero-order chi connectivity index (χ0) is 16.7. The molecule has 6 nitrogen and oxygen atoms in total. The fraction of sp³-hybridized carbons (Fsp3) is 0.500. The molecule has 8 heteroatoms. The Bertz CT molecular complexity index is 701. The number of amides is 2. The van der Waals surface area contributed by atoms with Crippen molar-refractivity contribution in [3.8, 4) is 0 Å². The van der Waals surface area contributed by atoms with Crippen LogP contribution in [0.4, 0.5) is 16.2 Å². The van der Waals surface area contributed by atoms with Crippen molar-refractivity contribution in [2.75, 3.05) is 30.1 Å². The molecule has 0 aromatic heterocycles. The van der Waals surface area contributed by atoms with E-state index in [1.165, 1.54) is 0 Å². The van der Waals surface area contributed by atoms with E-state index in [1.807, 2.05) is 19.0 Å². The Morgan fingerprint density at radius 1 is 1.36 bits per heavy atom. The van der Waals surface area contributed by atoms with Gasteiger partial charge in [0.05, 0.1) is 27.9 Å². The highest BCUT2D eigenvalue weighted by atomic mass is 35.5. The summed E-state index contributed by atoms with van der Waals surface area (Å²) in [6.45, 7) is 3.23.